The Balaban J connectivity index is 1.67. The summed E-state index contributed by atoms with van der Waals surface area (Å²) in [5.41, 5.74) is 4.81. The number of pyridine rings is 1. The second kappa shape index (κ2) is 6.16. The van der Waals surface area contributed by atoms with Crippen molar-refractivity contribution < 1.29 is 4.79 Å². The smallest absolute Gasteiger partial charge is 0.260 e. The summed E-state index contributed by atoms with van der Waals surface area (Å²) in [5.74, 6) is -0.164. The molecular formula is C21H23N3O2. The lowest BCUT2D eigenvalue weighted by Gasteiger charge is -2.25. The Morgan fingerprint density at radius 1 is 1.12 bits per heavy atom. The molecule has 0 saturated heterocycles. The summed E-state index contributed by atoms with van der Waals surface area (Å²) in [6, 6.07) is 8.49. The highest BCUT2D eigenvalue weighted by Crippen LogP contribution is 2.23. The predicted molar refractivity (Wildman–Crippen MR) is 103 cm³/mol. The molecule has 0 aliphatic heterocycles. The summed E-state index contributed by atoms with van der Waals surface area (Å²) in [6.07, 6.45) is 6.31. The SMILES string of the molecule is Cc1cn(C)c(=O)c2c(C(=O)NC3CCc4ccccc4C3)cn(C)c12. The second-order valence-electron chi connectivity index (χ2n) is 7.29. The van der Waals surface area contributed by atoms with Crippen molar-refractivity contribution in [1.82, 2.24) is 14.5 Å². The molecule has 5 heteroatoms. The molecule has 1 N–H and O–H groups in total. The van der Waals surface area contributed by atoms with Crippen LogP contribution in [0.15, 0.2) is 41.5 Å². The van der Waals surface area contributed by atoms with Crippen molar-refractivity contribution in [1.29, 1.82) is 0 Å². The molecule has 1 atom stereocenters. The fourth-order valence-corrected chi connectivity index (χ4v) is 4.16. The van der Waals surface area contributed by atoms with Gasteiger partial charge in [-0.25, -0.2) is 0 Å². The van der Waals surface area contributed by atoms with Gasteiger partial charge in [-0.2, -0.15) is 0 Å². The molecule has 0 fully saturated rings. The van der Waals surface area contributed by atoms with Crippen LogP contribution < -0.4 is 10.9 Å². The number of nitrogens with zero attached hydrogens (tertiary/aromatic N) is 2. The van der Waals surface area contributed by atoms with E-state index in [0.29, 0.717) is 10.9 Å². The number of nitrogens with one attached hydrogen (secondary N) is 1. The van der Waals surface area contributed by atoms with Gasteiger partial charge in [-0.15, -0.1) is 0 Å². The molecule has 2 heterocycles. The van der Waals surface area contributed by atoms with Crippen LogP contribution in [-0.4, -0.2) is 21.1 Å². The third kappa shape index (κ3) is 2.64. The average molecular weight is 349 g/mol. The molecule has 134 valence electrons. The quantitative estimate of drug-likeness (QED) is 0.773. The topological polar surface area (TPSA) is 56.0 Å². The average Bonchev–Trinajstić information content (AvgIpc) is 2.98. The van der Waals surface area contributed by atoms with Crippen LogP contribution in [0.1, 0.15) is 33.5 Å². The maximum atomic E-state index is 13.0. The predicted octanol–water partition coefficient (Wildman–Crippen LogP) is 2.47. The van der Waals surface area contributed by atoms with Crippen molar-refractivity contribution in [2.75, 3.05) is 0 Å². The van der Waals surface area contributed by atoms with Gasteiger partial charge in [0, 0.05) is 32.5 Å². The molecule has 4 rings (SSSR count). The van der Waals surface area contributed by atoms with Crippen LogP contribution in [0.25, 0.3) is 10.9 Å². The number of hydrogen-bond acceptors (Lipinski definition) is 2. The third-order valence-electron chi connectivity index (χ3n) is 5.40. The van der Waals surface area contributed by atoms with Crippen LogP contribution in [0.2, 0.25) is 0 Å². The number of carbonyl (C=O) groups excluding carboxylic acids is 1. The lowest BCUT2D eigenvalue weighted by atomic mass is 9.88. The van der Waals surface area contributed by atoms with Gasteiger partial charge in [-0.3, -0.25) is 9.59 Å². The van der Waals surface area contributed by atoms with Crippen LogP contribution in [0.4, 0.5) is 0 Å². The number of hydrogen-bond donors (Lipinski definition) is 1. The third-order valence-corrected chi connectivity index (χ3v) is 5.40. The standard InChI is InChI=1S/C21H23N3O2/c1-13-11-24(3)21(26)18-17(12-23(2)19(13)18)20(25)22-16-9-8-14-6-4-5-7-15(14)10-16/h4-7,11-12,16H,8-10H2,1-3H3,(H,22,25). The van der Waals surface area contributed by atoms with E-state index in [-0.39, 0.29) is 17.5 Å². The monoisotopic (exact) mass is 349 g/mol. The van der Waals surface area contributed by atoms with E-state index in [1.165, 1.54) is 11.1 Å². The Hall–Kier alpha value is -2.82. The lowest BCUT2D eigenvalue weighted by molar-refractivity contribution is 0.0935. The molecule has 3 aromatic rings. The molecule has 0 bridgehead atoms. The Morgan fingerprint density at radius 3 is 2.62 bits per heavy atom. The molecular weight excluding hydrogens is 326 g/mol. The number of benzene rings is 1. The summed E-state index contributed by atoms with van der Waals surface area (Å²) >= 11 is 0. The van der Waals surface area contributed by atoms with E-state index in [2.05, 4.69) is 23.5 Å². The van der Waals surface area contributed by atoms with Crippen molar-refractivity contribution >= 4 is 16.8 Å². The number of aromatic nitrogens is 2. The van der Waals surface area contributed by atoms with E-state index in [0.717, 1.165) is 30.3 Å². The van der Waals surface area contributed by atoms with E-state index in [9.17, 15) is 9.59 Å². The van der Waals surface area contributed by atoms with Crippen molar-refractivity contribution in [3.05, 3.63) is 69.3 Å². The van der Waals surface area contributed by atoms with Gasteiger partial charge in [0.2, 0.25) is 0 Å². The van der Waals surface area contributed by atoms with Crippen molar-refractivity contribution in [3.63, 3.8) is 0 Å². The summed E-state index contributed by atoms with van der Waals surface area (Å²) < 4.78 is 3.42. The molecule has 1 amide bonds. The van der Waals surface area contributed by atoms with Crippen LogP contribution in [0.5, 0.6) is 0 Å². The molecule has 0 saturated carbocycles. The molecule has 1 aliphatic rings. The summed E-state index contributed by atoms with van der Waals surface area (Å²) in [4.78, 5) is 25.6. The van der Waals surface area contributed by atoms with Gasteiger partial charge in [0.1, 0.15) is 0 Å². The van der Waals surface area contributed by atoms with Crippen LogP contribution in [0, 0.1) is 6.92 Å². The fraction of sp³-hybridized carbons (Fsp3) is 0.333. The van der Waals surface area contributed by atoms with Gasteiger partial charge in [0.25, 0.3) is 11.5 Å². The van der Waals surface area contributed by atoms with Gasteiger partial charge in [0.15, 0.2) is 0 Å². The largest absolute Gasteiger partial charge is 0.349 e. The van der Waals surface area contributed by atoms with Crippen molar-refractivity contribution in [3.8, 4) is 0 Å². The summed E-state index contributed by atoms with van der Waals surface area (Å²) in [5, 5.41) is 3.65. The highest BCUT2D eigenvalue weighted by molar-refractivity contribution is 6.07. The zero-order valence-corrected chi connectivity index (χ0v) is 15.4. The van der Waals surface area contributed by atoms with E-state index >= 15 is 0 Å². The number of rotatable bonds is 2. The first kappa shape index (κ1) is 16.6. The van der Waals surface area contributed by atoms with Crippen molar-refractivity contribution in [2.24, 2.45) is 14.1 Å². The number of aryl methyl sites for hydroxylation is 4. The highest BCUT2D eigenvalue weighted by atomic mass is 16.2. The first-order valence-corrected chi connectivity index (χ1v) is 8.98. The zero-order chi connectivity index (χ0) is 18.4. The molecule has 1 aliphatic carbocycles. The minimum absolute atomic E-state index is 0.0984. The van der Waals surface area contributed by atoms with Crippen LogP contribution in [0.3, 0.4) is 0 Å². The number of amides is 1. The first-order valence-electron chi connectivity index (χ1n) is 8.98. The van der Waals surface area contributed by atoms with Gasteiger partial charge < -0.3 is 14.5 Å². The van der Waals surface area contributed by atoms with E-state index < -0.39 is 0 Å². The molecule has 26 heavy (non-hydrogen) atoms. The van der Waals surface area contributed by atoms with Crippen LogP contribution in [-0.2, 0) is 26.9 Å². The lowest BCUT2D eigenvalue weighted by Crippen LogP contribution is -2.39. The number of fused-ring (bicyclic) bond motifs is 2. The summed E-state index contributed by atoms with van der Waals surface area (Å²) in [7, 11) is 3.60. The van der Waals surface area contributed by atoms with Gasteiger partial charge in [0.05, 0.1) is 16.5 Å². The van der Waals surface area contributed by atoms with Gasteiger partial charge >= 0.3 is 0 Å². The molecule has 0 radical (unpaired) electrons. The molecule has 5 nitrogen and oxygen atoms in total. The second-order valence-corrected chi connectivity index (χ2v) is 7.29. The van der Waals surface area contributed by atoms with E-state index in [4.69, 9.17) is 0 Å². The zero-order valence-electron chi connectivity index (χ0n) is 15.4. The molecule has 1 aromatic carbocycles. The van der Waals surface area contributed by atoms with Crippen molar-refractivity contribution in [2.45, 2.75) is 32.2 Å². The molecule has 1 unspecified atom stereocenters. The fourth-order valence-electron chi connectivity index (χ4n) is 4.16. The van der Waals surface area contributed by atoms with Gasteiger partial charge in [-0.05, 0) is 42.9 Å². The minimum atomic E-state index is -0.164. The first-order chi connectivity index (χ1) is 12.5. The van der Waals surface area contributed by atoms with E-state index in [1.807, 2.05) is 30.8 Å². The Bertz CT molecular complexity index is 1070. The Morgan fingerprint density at radius 2 is 1.85 bits per heavy atom. The maximum Gasteiger partial charge on any atom is 0.260 e. The summed E-state index contributed by atoms with van der Waals surface area (Å²) in [6.45, 7) is 1.96. The maximum absolute atomic E-state index is 13.0. The Labute approximate surface area is 152 Å². The minimum Gasteiger partial charge on any atom is -0.349 e. The molecule has 0 spiro atoms. The highest BCUT2D eigenvalue weighted by Gasteiger charge is 2.24. The Kier molecular flexibility index (Phi) is 3.94. The van der Waals surface area contributed by atoms with E-state index in [1.54, 1.807) is 17.8 Å². The van der Waals surface area contributed by atoms with Crippen LogP contribution >= 0.6 is 0 Å². The van der Waals surface area contributed by atoms with Gasteiger partial charge in [-0.1, -0.05) is 24.3 Å². The number of carbonyl (C=O) groups is 1. The molecule has 2 aromatic heterocycles. The normalized spacial score (nSPS) is 16.5.